The van der Waals surface area contributed by atoms with Gasteiger partial charge >= 0.3 is 0 Å². The van der Waals surface area contributed by atoms with E-state index in [0.717, 1.165) is 6.42 Å². The third-order valence-corrected chi connectivity index (χ3v) is 4.91. The number of aromatic nitrogens is 1. The van der Waals surface area contributed by atoms with Crippen molar-refractivity contribution in [1.82, 2.24) is 2.78 Å². The van der Waals surface area contributed by atoms with E-state index in [1.54, 1.807) is 0 Å². The first-order valence-electron chi connectivity index (χ1n) is 4.19. The predicted molar refractivity (Wildman–Crippen MR) is 73.5 cm³/mol. The van der Waals surface area contributed by atoms with E-state index in [1.165, 1.54) is 20.2 Å². The highest BCUT2D eigenvalue weighted by Gasteiger charge is 2.06. The summed E-state index contributed by atoms with van der Waals surface area (Å²) in [5, 5.41) is 1.35. The third kappa shape index (κ3) is 1.60. The smallest absolute Gasteiger partial charge is 0.0902 e. The minimum atomic E-state index is 1.10. The number of hydrogen-bond donors (Lipinski definition) is 0. The third-order valence-electron chi connectivity index (χ3n) is 2.19. The largest absolute Gasteiger partial charge is 0.276 e. The maximum atomic E-state index is 2.37. The molecule has 0 amide bonds. The average molecular weight is 397 g/mol. The molecule has 0 aliphatic heterocycles. The van der Waals surface area contributed by atoms with Crippen molar-refractivity contribution in [2.45, 2.75) is 13.3 Å². The maximum Gasteiger partial charge on any atom is 0.0902 e. The van der Waals surface area contributed by atoms with Gasteiger partial charge in [-0.25, -0.2) is 0 Å². The Bertz CT molecular complexity index is 445. The van der Waals surface area contributed by atoms with E-state index in [-0.39, 0.29) is 0 Å². The van der Waals surface area contributed by atoms with Crippen molar-refractivity contribution in [1.29, 1.82) is 0 Å². The molecule has 1 aromatic carbocycles. The van der Waals surface area contributed by atoms with Gasteiger partial charge in [-0.05, 0) is 40.6 Å². The highest BCUT2D eigenvalue weighted by atomic mass is 127. The molecule has 0 unspecified atom stereocenters. The molecule has 2 rings (SSSR count). The summed E-state index contributed by atoms with van der Waals surface area (Å²) < 4.78 is 3.51. The summed E-state index contributed by atoms with van der Waals surface area (Å²) in [7, 11) is 0. The second-order valence-electron chi connectivity index (χ2n) is 2.96. The van der Waals surface area contributed by atoms with Crippen LogP contribution in [0.3, 0.4) is 0 Å². The fraction of sp³-hybridized carbons (Fsp3) is 0.200. The van der Waals surface area contributed by atoms with E-state index < -0.39 is 0 Å². The summed E-state index contributed by atoms with van der Waals surface area (Å²) >= 11 is 4.72. The van der Waals surface area contributed by atoms with Gasteiger partial charge in [-0.3, -0.25) is 2.78 Å². The summed E-state index contributed by atoms with van der Waals surface area (Å²) in [4.78, 5) is 0. The standard InChI is InChI=1S/C10H9I2N/c1-2-7-4-3-5-8-6-9(11)13(12)10(7)8/h3-6H,2H2,1H3. The van der Waals surface area contributed by atoms with Gasteiger partial charge in [-0.15, -0.1) is 0 Å². The van der Waals surface area contributed by atoms with Crippen LogP contribution in [0.25, 0.3) is 10.9 Å². The van der Waals surface area contributed by atoms with Gasteiger partial charge in [0.2, 0.25) is 0 Å². The molecule has 13 heavy (non-hydrogen) atoms. The molecule has 0 saturated carbocycles. The van der Waals surface area contributed by atoms with E-state index in [9.17, 15) is 0 Å². The van der Waals surface area contributed by atoms with Crippen LogP contribution in [0.1, 0.15) is 12.5 Å². The van der Waals surface area contributed by atoms with Gasteiger partial charge in [0.25, 0.3) is 0 Å². The molecule has 1 aromatic heterocycles. The molecule has 2 aromatic rings. The molecule has 0 N–H and O–H groups in total. The van der Waals surface area contributed by atoms with Crippen molar-refractivity contribution < 1.29 is 0 Å². The Kier molecular flexibility index (Phi) is 2.83. The van der Waals surface area contributed by atoms with Crippen molar-refractivity contribution in [3.05, 3.63) is 33.5 Å². The second kappa shape index (κ2) is 3.76. The number of benzene rings is 1. The summed E-state index contributed by atoms with van der Waals surface area (Å²) in [6.45, 7) is 2.20. The monoisotopic (exact) mass is 397 g/mol. The van der Waals surface area contributed by atoms with E-state index in [2.05, 4.69) is 79.4 Å². The van der Waals surface area contributed by atoms with Crippen LogP contribution in [0.2, 0.25) is 0 Å². The fourth-order valence-corrected chi connectivity index (χ4v) is 2.85. The zero-order valence-corrected chi connectivity index (χ0v) is 11.5. The Hall–Kier alpha value is 0.220. The molecule has 1 heterocycles. The molecule has 0 fully saturated rings. The van der Waals surface area contributed by atoms with Crippen LogP contribution in [-0.4, -0.2) is 2.78 Å². The summed E-state index contributed by atoms with van der Waals surface area (Å²) in [6, 6.07) is 8.73. The highest BCUT2D eigenvalue weighted by molar-refractivity contribution is 14.1. The van der Waals surface area contributed by atoms with Crippen LogP contribution in [0, 0.1) is 3.70 Å². The predicted octanol–water partition coefficient (Wildman–Crippen LogP) is 4.01. The van der Waals surface area contributed by atoms with Crippen molar-refractivity contribution in [2.75, 3.05) is 0 Å². The molecule has 3 heteroatoms. The number of hydrogen-bond acceptors (Lipinski definition) is 0. The zero-order valence-electron chi connectivity index (χ0n) is 7.22. The topological polar surface area (TPSA) is 4.93 Å². The molecule has 1 nitrogen and oxygen atoms in total. The molecule has 0 aliphatic rings. The SMILES string of the molecule is CCc1cccc2cc(I)n(I)c12. The molecular formula is C10H9I2N. The van der Waals surface area contributed by atoms with Crippen LogP contribution in [0.4, 0.5) is 0 Å². The normalized spacial score (nSPS) is 11.0. The van der Waals surface area contributed by atoms with Gasteiger partial charge in [0, 0.05) is 5.39 Å². The van der Waals surface area contributed by atoms with E-state index >= 15 is 0 Å². The maximum absolute atomic E-state index is 2.37. The Morgan fingerprint density at radius 3 is 2.85 bits per heavy atom. The van der Waals surface area contributed by atoms with Crippen molar-refractivity contribution in [2.24, 2.45) is 0 Å². The van der Waals surface area contributed by atoms with Gasteiger partial charge in [-0.1, -0.05) is 25.1 Å². The van der Waals surface area contributed by atoms with Crippen molar-refractivity contribution in [3.63, 3.8) is 0 Å². The van der Waals surface area contributed by atoms with Gasteiger partial charge in [0.15, 0.2) is 0 Å². The number of para-hydroxylation sites is 1. The number of fused-ring (bicyclic) bond motifs is 1. The van der Waals surface area contributed by atoms with Gasteiger partial charge in [-0.2, -0.15) is 0 Å². The molecule has 0 atom stereocenters. The van der Waals surface area contributed by atoms with Gasteiger partial charge in [0.05, 0.1) is 32.1 Å². The van der Waals surface area contributed by atoms with Crippen LogP contribution >= 0.6 is 45.5 Å². The second-order valence-corrected chi connectivity index (χ2v) is 5.03. The number of aryl methyl sites for hydroxylation is 1. The summed E-state index contributed by atoms with van der Waals surface area (Å²) in [6.07, 6.45) is 1.10. The summed E-state index contributed by atoms with van der Waals surface area (Å²) in [5.41, 5.74) is 2.80. The quantitative estimate of drug-likeness (QED) is 0.642. The molecule has 0 bridgehead atoms. The number of nitrogens with zero attached hydrogens (tertiary/aromatic N) is 1. The fourth-order valence-electron chi connectivity index (χ4n) is 1.54. The Morgan fingerprint density at radius 1 is 1.38 bits per heavy atom. The lowest BCUT2D eigenvalue weighted by atomic mass is 10.1. The molecule has 0 spiro atoms. The molecule has 68 valence electrons. The van der Waals surface area contributed by atoms with Crippen LogP contribution in [0.5, 0.6) is 0 Å². The Balaban J connectivity index is 2.87. The lowest BCUT2D eigenvalue weighted by Gasteiger charge is -2.01. The summed E-state index contributed by atoms with van der Waals surface area (Å²) in [5.74, 6) is 0. The van der Waals surface area contributed by atoms with Crippen molar-refractivity contribution in [3.8, 4) is 0 Å². The van der Waals surface area contributed by atoms with Crippen LogP contribution in [-0.2, 0) is 6.42 Å². The molecule has 0 radical (unpaired) electrons. The average Bonchev–Trinajstić information content (AvgIpc) is 2.43. The van der Waals surface area contributed by atoms with E-state index in [4.69, 9.17) is 0 Å². The molecule has 0 aliphatic carbocycles. The van der Waals surface area contributed by atoms with Gasteiger partial charge < -0.3 is 0 Å². The Labute approximate surface area is 105 Å². The Morgan fingerprint density at radius 2 is 2.15 bits per heavy atom. The lowest BCUT2D eigenvalue weighted by Crippen LogP contribution is -1.87. The van der Waals surface area contributed by atoms with Crippen LogP contribution < -0.4 is 0 Å². The van der Waals surface area contributed by atoms with Crippen molar-refractivity contribution >= 4 is 56.4 Å². The van der Waals surface area contributed by atoms with Crippen LogP contribution in [0.15, 0.2) is 24.3 Å². The van der Waals surface area contributed by atoms with E-state index in [0.29, 0.717) is 0 Å². The minimum absolute atomic E-state index is 1.10. The lowest BCUT2D eigenvalue weighted by molar-refractivity contribution is 1.14. The highest BCUT2D eigenvalue weighted by Crippen LogP contribution is 2.26. The first-order valence-corrected chi connectivity index (χ1v) is 6.23. The number of halogens is 2. The zero-order chi connectivity index (χ0) is 9.42. The van der Waals surface area contributed by atoms with Gasteiger partial charge in [0.1, 0.15) is 0 Å². The number of rotatable bonds is 1. The molecule has 0 saturated heterocycles. The first-order chi connectivity index (χ1) is 6.24. The van der Waals surface area contributed by atoms with E-state index in [1.807, 2.05) is 0 Å². The minimum Gasteiger partial charge on any atom is -0.276 e. The first kappa shape index (κ1) is 9.76. The molecular weight excluding hydrogens is 388 g/mol.